The van der Waals surface area contributed by atoms with Crippen molar-refractivity contribution in [1.29, 1.82) is 0 Å². The first-order valence-corrected chi connectivity index (χ1v) is 15.8. The van der Waals surface area contributed by atoms with E-state index in [1.807, 2.05) is 6.92 Å². The molecular weight excluding hydrogens is 528 g/mol. The summed E-state index contributed by atoms with van der Waals surface area (Å²) in [4.78, 5) is 37.5. The van der Waals surface area contributed by atoms with Gasteiger partial charge in [-0.1, -0.05) is 53.0 Å². The van der Waals surface area contributed by atoms with Gasteiger partial charge in [-0.25, -0.2) is 0 Å². The Morgan fingerprint density at radius 3 is 2.36 bits per heavy atom. The number of carbonyl (C=O) groups is 3. The Labute approximate surface area is 250 Å². The molecule has 228 valence electrons. The summed E-state index contributed by atoms with van der Waals surface area (Å²) in [6.07, 6.45) is 9.46. The number of aromatic nitrogens is 1. The van der Waals surface area contributed by atoms with Crippen molar-refractivity contribution in [2.24, 2.45) is 11.3 Å². The summed E-state index contributed by atoms with van der Waals surface area (Å²) in [5, 5.41) is 3.04. The Morgan fingerprint density at radius 1 is 1.05 bits per heavy atom. The van der Waals surface area contributed by atoms with Gasteiger partial charge in [0.1, 0.15) is 0 Å². The van der Waals surface area contributed by atoms with Crippen molar-refractivity contribution >= 4 is 18.3 Å². The highest BCUT2D eigenvalue weighted by atomic mass is 16.6. The van der Waals surface area contributed by atoms with E-state index < -0.39 is 11.4 Å². The molecule has 1 aromatic carbocycles. The zero-order chi connectivity index (χ0) is 30.1. The van der Waals surface area contributed by atoms with Crippen molar-refractivity contribution in [1.82, 2.24) is 9.88 Å². The molecule has 0 bridgehead atoms. The molecule has 7 heteroatoms. The van der Waals surface area contributed by atoms with Crippen LogP contribution in [-0.2, 0) is 36.4 Å². The van der Waals surface area contributed by atoms with E-state index in [4.69, 9.17) is 9.47 Å². The van der Waals surface area contributed by atoms with Crippen LogP contribution in [0.3, 0.4) is 0 Å². The standard InChI is InChI=1S/C35H48N2O5/c1-24-29(31(39)36-22-35(32(40)42-23-38)13-15-41-16-14-35)20-30(37(24)21-25-9-7-6-8-10-25)26-17-27(33(2,3)4)19-28(18-26)34(5)11-12-34/h17-20,23,25H,6-16,21-22H2,1-5H3,(H,36,39). The molecule has 0 atom stereocenters. The lowest BCUT2D eigenvalue weighted by atomic mass is 9.80. The molecule has 0 unspecified atom stereocenters. The Morgan fingerprint density at radius 2 is 1.74 bits per heavy atom. The van der Waals surface area contributed by atoms with Gasteiger partial charge in [-0.15, -0.1) is 0 Å². The SMILES string of the molecule is Cc1c(C(=O)NCC2(C(=O)OC=O)CCOCC2)cc(-c2cc(C(C)(C)C)cc(C3(C)CC3)c2)n1CC1CCCCC1. The summed E-state index contributed by atoms with van der Waals surface area (Å²) >= 11 is 0. The quantitative estimate of drug-likeness (QED) is 0.206. The van der Waals surface area contributed by atoms with Crippen molar-refractivity contribution < 1.29 is 23.9 Å². The lowest BCUT2D eigenvalue weighted by Gasteiger charge is -2.34. The van der Waals surface area contributed by atoms with Crippen LogP contribution in [0.5, 0.6) is 0 Å². The Kier molecular flexibility index (Phi) is 8.71. The molecule has 7 nitrogen and oxygen atoms in total. The number of nitrogens with one attached hydrogen (secondary N) is 1. The first-order valence-electron chi connectivity index (χ1n) is 15.8. The number of benzene rings is 1. The average molecular weight is 577 g/mol. The summed E-state index contributed by atoms with van der Waals surface area (Å²) in [5.74, 6) is -0.218. The van der Waals surface area contributed by atoms with Crippen LogP contribution in [0.2, 0.25) is 0 Å². The minimum absolute atomic E-state index is 0.000206. The van der Waals surface area contributed by atoms with Gasteiger partial charge in [0.05, 0.1) is 11.0 Å². The van der Waals surface area contributed by atoms with Crippen LogP contribution in [0.15, 0.2) is 24.3 Å². The average Bonchev–Trinajstić information content (AvgIpc) is 3.66. The number of amides is 1. The minimum Gasteiger partial charge on any atom is -0.395 e. The fraction of sp³-hybridized carbons (Fsp3) is 0.629. The predicted octanol–water partition coefficient (Wildman–Crippen LogP) is 6.62. The Balaban J connectivity index is 1.51. The fourth-order valence-electron chi connectivity index (χ4n) is 6.74. The number of ether oxygens (including phenoxy) is 2. The van der Waals surface area contributed by atoms with Crippen molar-refractivity contribution in [3.63, 3.8) is 0 Å². The molecule has 5 rings (SSSR count). The molecule has 1 N–H and O–H groups in total. The van der Waals surface area contributed by atoms with E-state index in [1.165, 1.54) is 61.6 Å². The second kappa shape index (κ2) is 12.0. The van der Waals surface area contributed by atoms with E-state index in [1.54, 1.807) is 0 Å². The van der Waals surface area contributed by atoms with Crippen molar-refractivity contribution in [3.05, 3.63) is 46.6 Å². The third-order valence-electron chi connectivity index (χ3n) is 10.2. The molecule has 42 heavy (non-hydrogen) atoms. The second-order valence-corrected chi connectivity index (χ2v) is 14.3. The maximum Gasteiger partial charge on any atom is 0.321 e. The number of nitrogens with zero attached hydrogens (tertiary/aromatic N) is 1. The van der Waals surface area contributed by atoms with E-state index in [-0.39, 0.29) is 29.8 Å². The van der Waals surface area contributed by atoms with Crippen molar-refractivity contribution in [3.8, 4) is 11.3 Å². The van der Waals surface area contributed by atoms with Crippen LogP contribution in [0.25, 0.3) is 11.3 Å². The Bertz CT molecular complexity index is 1290. The van der Waals surface area contributed by atoms with Gasteiger partial charge >= 0.3 is 12.4 Å². The monoisotopic (exact) mass is 576 g/mol. The number of hydrogen-bond donors (Lipinski definition) is 1. The second-order valence-electron chi connectivity index (χ2n) is 14.3. The van der Waals surface area contributed by atoms with Crippen LogP contribution in [0.1, 0.15) is 113 Å². The van der Waals surface area contributed by atoms with Crippen LogP contribution >= 0.6 is 0 Å². The number of rotatable bonds is 9. The summed E-state index contributed by atoms with van der Waals surface area (Å²) < 4.78 is 12.6. The maximum atomic E-state index is 13.8. The van der Waals surface area contributed by atoms with Gasteiger partial charge in [0.25, 0.3) is 5.91 Å². The molecule has 1 aliphatic heterocycles. The largest absolute Gasteiger partial charge is 0.395 e. The maximum absolute atomic E-state index is 13.8. The third-order valence-corrected chi connectivity index (χ3v) is 10.2. The third kappa shape index (κ3) is 6.36. The smallest absolute Gasteiger partial charge is 0.321 e. The minimum atomic E-state index is -0.966. The Hall–Kier alpha value is -2.93. The van der Waals surface area contributed by atoms with Gasteiger partial charge in [-0.3, -0.25) is 14.4 Å². The van der Waals surface area contributed by atoms with Gasteiger partial charge in [-0.05, 0) is 97.1 Å². The van der Waals surface area contributed by atoms with Crippen LogP contribution in [0.4, 0.5) is 0 Å². The zero-order valence-corrected chi connectivity index (χ0v) is 26.1. The van der Waals surface area contributed by atoms with Crippen LogP contribution in [-0.4, -0.2) is 42.7 Å². The van der Waals surface area contributed by atoms with E-state index in [0.717, 1.165) is 17.9 Å². The molecular formula is C35H48N2O5. The van der Waals surface area contributed by atoms with E-state index in [0.29, 0.717) is 37.5 Å². The first-order chi connectivity index (χ1) is 20.0. The summed E-state index contributed by atoms with van der Waals surface area (Å²) in [5.41, 5.74) is 5.78. The van der Waals surface area contributed by atoms with Gasteiger partial charge in [0.15, 0.2) is 0 Å². The zero-order valence-electron chi connectivity index (χ0n) is 26.1. The molecule has 2 aliphatic carbocycles. The normalized spacial score (nSPS) is 20.1. The van der Waals surface area contributed by atoms with Gasteiger partial charge < -0.3 is 19.4 Å². The van der Waals surface area contributed by atoms with Crippen LogP contribution in [0, 0.1) is 18.3 Å². The molecule has 2 heterocycles. The molecule has 1 aromatic heterocycles. The van der Waals surface area contributed by atoms with Gasteiger partial charge in [0.2, 0.25) is 0 Å². The highest BCUT2D eigenvalue weighted by Gasteiger charge is 2.43. The lowest BCUT2D eigenvalue weighted by molar-refractivity contribution is -0.164. The molecule has 1 saturated heterocycles. The van der Waals surface area contributed by atoms with Gasteiger partial charge in [0, 0.05) is 37.7 Å². The number of esters is 1. The van der Waals surface area contributed by atoms with Crippen molar-refractivity contribution in [2.45, 2.75) is 110 Å². The lowest BCUT2D eigenvalue weighted by Crippen LogP contribution is -2.47. The van der Waals surface area contributed by atoms with Crippen LogP contribution < -0.4 is 5.32 Å². The number of hydrogen-bond acceptors (Lipinski definition) is 5. The van der Waals surface area contributed by atoms with E-state index in [9.17, 15) is 14.4 Å². The van der Waals surface area contributed by atoms with E-state index in [2.05, 4.69) is 61.8 Å². The molecule has 2 aromatic rings. The predicted molar refractivity (Wildman–Crippen MR) is 163 cm³/mol. The molecule has 3 aliphatic rings. The summed E-state index contributed by atoms with van der Waals surface area (Å²) in [6, 6.07) is 9.10. The highest BCUT2D eigenvalue weighted by Crippen LogP contribution is 2.49. The molecule has 2 saturated carbocycles. The molecule has 3 fully saturated rings. The first kappa shape index (κ1) is 30.5. The summed E-state index contributed by atoms with van der Waals surface area (Å²) in [7, 11) is 0. The summed E-state index contributed by atoms with van der Waals surface area (Å²) in [6.45, 7) is 13.1. The fourth-order valence-corrected chi connectivity index (χ4v) is 6.74. The molecule has 0 spiro atoms. The number of carbonyl (C=O) groups excluding carboxylic acids is 3. The van der Waals surface area contributed by atoms with E-state index >= 15 is 0 Å². The molecule has 0 radical (unpaired) electrons. The van der Waals surface area contributed by atoms with Gasteiger partial charge in [-0.2, -0.15) is 0 Å². The topological polar surface area (TPSA) is 86.6 Å². The molecule has 1 amide bonds. The van der Waals surface area contributed by atoms with Crippen molar-refractivity contribution in [2.75, 3.05) is 19.8 Å². The highest BCUT2D eigenvalue weighted by molar-refractivity contribution is 5.97.